The first kappa shape index (κ1) is 19.2. The fourth-order valence-corrected chi connectivity index (χ4v) is 5.52. The van der Waals surface area contributed by atoms with Crippen LogP contribution in [0.25, 0.3) is 10.2 Å². The van der Waals surface area contributed by atoms with Gasteiger partial charge in [-0.1, -0.05) is 36.0 Å². The minimum absolute atomic E-state index is 0.197. The largest absolute Gasteiger partial charge is 0.363 e. The standard InChI is InChI=1S/C20H22N4O2S2/c25-24(26)18-8-3-2-7-17(18)23-13-11-22(12-14-23)10-5-15-27-20-21-16-6-1-4-9-19(16)28-20/h1-4,6-9H,5,10-15H2. The molecule has 28 heavy (non-hydrogen) atoms. The zero-order chi connectivity index (χ0) is 19.3. The van der Waals surface area contributed by atoms with Gasteiger partial charge in [0.05, 0.1) is 15.1 Å². The summed E-state index contributed by atoms with van der Waals surface area (Å²) in [6.45, 7) is 4.60. The molecule has 2 heterocycles. The van der Waals surface area contributed by atoms with Gasteiger partial charge in [-0.2, -0.15) is 0 Å². The molecule has 6 nitrogen and oxygen atoms in total. The van der Waals surface area contributed by atoms with Gasteiger partial charge in [0.15, 0.2) is 4.34 Å². The number of anilines is 1. The van der Waals surface area contributed by atoms with Crippen LogP contribution in [-0.2, 0) is 0 Å². The SMILES string of the molecule is O=[N+]([O-])c1ccccc1N1CCN(CCCSc2nc3ccccc3s2)CC1. The molecule has 0 saturated carbocycles. The number of hydrogen-bond donors (Lipinski definition) is 0. The molecular weight excluding hydrogens is 392 g/mol. The van der Waals surface area contributed by atoms with E-state index in [1.807, 2.05) is 30.0 Å². The number of nitro benzene ring substituents is 1. The maximum Gasteiger partial charge on any atom is 0.292 e. The van der Waals surface area contributed by atoms with Gasteiger partial charge in [-0.3, -0.25) is 15.0 Å². The topological polar surface area (TPSA) is 62.5 Å². The molecule has 0 amide bonds. The zero-order valence-electron chi connectivity index (χ0n) is 15.5. The summed E-state index contributed by atoms with van der Waals surface area (Å²) in [5, 5.41) is 11.2. The maximum atomic E-state index is 11.2. The number of nitrogens with zero attached hydrogens (tertiary/aromatic N) is 4. The molecule has 0 unspecified atom stereocenters. The highest BCUT2D eigenvalue weighted by molar-refractivity contribution is 8.01. The van der Waals surface area contributed by atoms with E-state index in [-0.39, 0.29) is 10.6 Å². The molecule has 2 aromatic carbocycles. The van der Waals surface area contributed by atoms with Crippen molar-refractivity contribution < 1.29 is 4.92 Å². The molecule has 0 aliphatic carbocycles. The molecule has 0 spiro atoms. The van der Waals surface area contributed by atoms with E-state index in [9.17, 15) is 10.1 Å². The molecular formula is C20H22N4O2S2. The normalized spacial score (nSPS) is 15.2. The first-order valence-corrected chi connectivity index (χ1v) is 11.2. The van der Waals surface area contributed by atoms with Crippen molar-refractivity contribution in [1.82, 2.24) is 9.88 Å². The Kier molecular flexibility index (Phi) is 6.09. The molecule has 1 fully saturated rings. The Balaban J connectivity index is 1.22. The van der Waals surface area contributed by atoms with Crippen LogP contribution in [0.3, 0.4) is 0 Å². The highest BCUT2D eigenvalue weighted by atomic mass is 32.2. The predicted octanol–water partition coefficient (Wildman–Crippen LogP) is 4.51. The third-order valence-electron chi connectivity index (χ3n) is 4.91. The first-order valence-electron chi connectivity index (χ1n) is 9.40. The predicted molar refractivity (Wildman–Crippen MR) is 117 cm³/mol. The van der Waals surface area contributed by atoms with Crippen LogP contribution >= 0.6 is 23.1 Å². The van der Waals surface area contributed by atoms with Gasteiger partial charge in [-0.15, -0.1) is 11.3 Å². The van der Waals surface area contributed by atoms with E-state index in [0.717, 1.165) is 60.4 Å². The Hall–Kier alpha value is -2.16. The summed E-state index contributed by atoms with van der Waals surface area (Å²) in [5.41, 5.74) is 2.02. The van der Waals surface area contributed by atoms with Crippen LogP contribution in [0.2, 0.25) is 0 Å². The Bertz CT molecular complexity index is 921. The van der Waals surface area contributed by atoms with Crippen molar-refractivity contribution in [2.75, 3.05) is 43.4 Å². The smallest absolute Gasteiger partial charge is 0.292 e. The monoisotopic (exact) mass is 414 g/mol. The second kappa shape index (κ2) is 8.89. The number of rotatable bonds is 7. The number of aromatic nitrogens is 1. The highest BCUT2D eigenvalue weighted by Crippen LogP contribution is 2.30. The van der Waals surface area contributed by atoms with E-state index in [2.05, 4.69) is 33.0 Å². The quantitative estimate of drug-likeness (QED) is 0.245. The van der Waals surface area contributed by atoms with Gasteiger partial charge in [-0.05, 0) is 31.2 Å². The summed E-state index contributed by atoms with van der Waals surface area (Å²) >= 11 is 3.59. The molecule has 3 aromatic rings. The van der Waals surface area contributed by atoms with E-state index in [1.54, 1.807) is 23.5 Å². The molecule has 4 rings (SSSR count). The van der Waals surface area contributed by atoms with Gasteiger partial charge in [0.2, 0.25) is 0 Å². The summed E-state index contributed by atoms with van der Waals surface area (Å²) in [4.78, 5) is 20.2. The van der Waals surface area contributed by atoms with Crippen molar-refractivity contribution in [3.63, 3.8) is 0 Å². The number of para-hydroxylation sites is 3. The zero-order valence-corrected chi connectivity index (χ0v) is 17.1. The van der Waals surface area contributed by atoms with Gasteiger partial charge in [0, 0.05) is 38.0 Å². The molecule has 0 bridgehead atoms. The van der Waals surface area contributed by atoms with E-state index in [0.29, 0.717) is 0 Å². The summed E-state index contributed by atoms with van der Waals surface area (Å²) in [5.74, 6) is 1.06. The maximum absolute atomic E-state index is 11.2. The minimum Gasteiger partial charge on any atom is -0.363 e. The molecule has 0 atom stereocenters. The fourth-order valence-electron chi connectivity index (χ4n) is 3.46. The number of nitro groups is 1. The average Bonchev–Trinajstić information content (AvgIpc) is 3.14. The van der Waals surface area contributed by atoms with Gasteiger partial charge >= 0.3 is 0 Å². The van der Waals surface area contributed by atoms with Crippen LogP contribution in [0.5, 0.6) is 0 Å². The highest BCUT2D eigenvalue weighted by Gasteiger charge is 2.22. The number of hydrogen-bond acceptors (Lipinski definition) is 7. The second-order valence-electron chi connectivity index (χ2n) is 6.72. The molecule has 1 aliphatic heterocycles. The Labute approximate surface area is 172 Å². The molecule has 1 aliphatic rings. The van der Waals surface area contributed by atoms with Crippen molar-refractivity contribution >= 4 is 44.7 Å². The number of fused-ring (bicyclic) bond motifs is 1. The molecule has 146 valence electrons. The lowest BCUT2D eigenvalue weighted by Gasteiger charge is -2.35. The molecule has 0 N–H and O–H groups in total. The summed E-state index contributed by atoms with van der Waals surface area (Å²) in [6.07, 6.45) is 1.12. The lowest BCUT2D eigenvalue weighted by atomic mass is 10.2. The molecule has 0 radical (unpaired) electrons. The van der Waals surface area contributed by atoms with E-state index >= 15 is 0 Å². The van der Waals surface area contributed by atoms with Crippen molar-refractivity contribution in [2.45, 2.75) is 10.8 Å². The van der Waals surface area contributed by atoms with Crippen LogP contribution in [0.15, 0.2) is 52.9 Å². The first-order chi connectivity index (χ1) is 13.7. The molecule has 1 saturated heterocycles. The Morgan fingerprint density at radius 1 is 1.07 bits per heavy atom. The Morgan fingerprint density at radius 2 is 1.82 bits per heavy atom. The van der Waals surface area contributed by atoms with Gasteiger partial charge in [0.25, 0.3) is 5.69 Å². The summed E-state index contributed by atoms with van der Waals surface area (Å²) in [7, 11) is 0. The minimum atomic E-state index is -0.291. The van der Waals surface area contributed by atoms with Crippen LogP contribution in [0, 0.1) is 10.1 Å². The van der Waals surface area contributed by atoms with Crippen LogP contribution < -0.4 is 4.90 Å². The molecule has 1 aromatic heterocycles. The van der Waals surface area contributed by atoms with E-state index < -0.39 is 0 Å². The van der Waals surface area contributed by atoms with Crippen molar-refractivity contribution in [1.29, 1.82) is 0 Å². The van der Waals surface area contributed by atoms with Crippen LogP contribution in [0.4, 0.5) is 11.4 Å². The van der Waals surface area contributed by atoms with Crippen molar-refractivity contribution in [3.05, 3.63) is 58.6 Å². The third-order valence-corrected chi connectivity index (χ3v) is 7.18. The van der Waals surface area contributed by atoms with E-state index in [1.165, 1.54) is 4.70 Å². The molecule has 8 heteroatoms. The second-order valence-corrected chi connectivity index (χ2v) is 9.10. The number of thiazole rings is 1. The fraction of sp³-hybridized carbons (Fsp3) is 0.350. The summed E-state index contributed by atoms with van der Waals surface area (Å²) in [6, 6.07) is 15.3. The number of thioether (sulfide) groups is 1. The Morgan fingerprint density at radius 3 is 2.61 bits per heavy atom. The van der Waals surface area contributed by atoms with Gasteiger partial charge in [-0.25, -0.2) is 4.98 Å². The van der Waals surface area contributed by atoms with Gasteiger partial charge < -0.3 is 4.90 Å². The van der Waals surface area contributed by atoms with Gasteiger partial charge in [0.1, 0.15) is 5.69 Å². The van der Waals surface area contributed by atoms with Crippen LogP contribution in [-0.4, -0.2) is 53.3 Å². The van der Waals surface area contributed by atoms with E-state index in [4.69, 9.17) is 0 Å². The van der Waals surface area contributed by atoms with Crippen LogP contribution in [0.1, 0.15) is 6.42 Å². The van der Waals surface area contributed by atoms with Crippen molar-refractivity contribution in [3.8, 4) is 0 Å². The lowest BCUT2D eigenvalue weighted by molar-refractivity contribution is -0.384. The van der Waals surface area contributed by atoms with Crippen molar-refractivity contribution in [2.24, 2.45) is 0 Å². The third kappa shape index (κ3) is 4.45. The number of benzene rings is 2. The summed E-state index contributed by atoms with van der Waals surface area (Å²) < 4.78 is 2.39. The number of piperazine rings is 1. The average molecular weight is 415 g/mol. The lowest BCUT2D eigenvalue weighted by Crippen LogP contribution is -2.46.